The molecule has 1 amide bonds. The molecule has 0 saturated carbocycles. The summed E-state index contributed by atoms with van der Waals surface area (Å²) in [4.78, 5) is 17.1. The van der Waals surface area contributed by atoms with Gasteiger partial charge in [0.05, 0.1) is 24.8 Å². The number of thiazole rings is 1. The molecule has 0 fully saturated rings. The Morgan fingerprint density at radius 3 is 1.85 bits per heavy atom. The molecule has 0 spiro atoms. The number of H-pyrrole nitrogens is 2. The molecule has 10 heterocycles. The highest BCUT2D eigenvalue weighted by Gasteiger charge is 2.19. The maximum atomic E-state index is 11.4. The molecule has 1 aliphatic rings. The van der Waals surface area contributed by atoms with Crippen molar-refractivity contribution in [3.05, 3.63) is 183 Å². The van der Waals surface area contributed by atoms with Crippen molar-refractivity contribution in [1.29, 1.82) is 0 Å². The Morgan fingerprint density at radius 1 is 0.727 bits per heavy atom. The Kier molecular flexibility index (Phi) is 24.2. The number of nitrogens with zero attached hydrogens (tertiary/aromatic N) is 11. The highest BCUT2D eigenvalue weighted by atomic mass is 32.1. The molecule has 10 aromatic rings. The third-order valence-electron chi connectivity index (χ3n) is 8.08. The van der Waals surface area contributed by atoms with Crippen LogP contribution in [0.15, 0.2) is 131 Å². The van der Waals surface area contributed by atoms with E-state index in [4.69, 9.17) is 0 Å². The molecule has 0 atom stereocenters. The van der Waals surface area contributed by atoms with Crippen molar-refractivity contribution < 1.29 is 13.8 Å². The minimum absolute atomic E-state index is 0.0249. The molecule has 20 heteroatoms. The summed E-state index contributed by atoms with van der Waals surface area (Å²) in [6, 6.07) is 13.6. The molecule has 0 radical (unpaired) electrons. The van der Waals surface area contributed by atoms with Crippen LogP contribution in [0.4, 0.5) is 0 Å². The van der Waals surface area contributed by atoms with Crippen LogP contribution in [-0.4, -0.2) is 69.9 Å². The monoisotopic (exact) mass is 950 g/mol. The topological polar surface area (TPSA) is 213 Å². The Balaban J connectivity index is 0.000000204. The van der Waals surface area contributed by atoms with E-state index in [0.29, 0.717) is 6.54 Å². The fourth-order valence-electron chi connectivity index (χ4n) is 4.55. The van der Waals surface area contributed by atoms with Gasteiger partial charge in [-0.25, -0.2) is 13.7 Å². The lowest BCUT2D eigenvalue weighted by molar-refractivity contribution is 0.0965. The van der Waals surface area contributed by atoms with Gasteiger partial charge in [-0.1, -0.05) is 16.4 Å². The molecular formula is C46H58N14O3S3. The SMILES string of the molecule is Cc1ccn[nH]1.Cc1ccnn1C.Cc1ccno1.Cc1ccns1.Cc1cn[nH]c1.Cc1cnn(C)c1.Cc1cnoc1.Cc1cnsc1.Cc1csc(-c2ccc3c(c2)CNC3=O)n1. The Labute approximate surface area is 397 Å². The zero-order chi connectivity index (χ0) is 48.1. The maximum absolute atomic E-state index is 11.4. The van der Waals surface area contributed by atoms with Gasteiger partial charge in [-0.15, -0.1) is 11.3 Å². The maximum Gasteiger partial charge on any atom is 0.251 e. The van der Waals surface area contributed by atoms with Gasteiger partial charge in [-0.2, -0.15) is 20.4 Å². The number of nitrogens with one attached hydrogen (secondary N) is 3. The Bertz CT molecular complexity index is 2400. The fourth-order valence-corrected chi connectivity index (χ4v) is 6.27. The van der Waals surface area contributed by atoms with Crippen LogP contribution in [0.3, 0.4) is 0 Å². The normalized spacial score (nSPS) is 10.1. The average molecular weight is 951 g/mol. The highest BCUT2D eigenvalue weighted by molar-refractivity contribution is 7.13. The second-order valence-corrected chi connectivity index (χ2v) is 16.9. The van der Waals surface area contributed by atoms with Gasteiger partial charge in [0.1, 0.15) is 17.0 Å². The minimum atomic E-state index is 0.0249. The summed E-state index contributed by atoms with van der Waals surface area (Å²) >= 11 is 4.65. The van der Waals surface area contributed by atoms with Crippen molar-refractivity contribution in [2.24, 2.45) is 14.1 Å². The van der Waals surface area contributed by atoms with Gasteiger partial charge in [-0.05, 0) is 138 Å². The molecule has 17 nitrogen and oxygen atoms in total. The van der Waals surface area contributed by atoms with Gasteiger partial charge < -0.3 is 14.4 Å². The van der Waals surface area contributed by atoms with Crippen LogP contribution < -0.4 is 5.32 Å². The molecule has 0 saturated heterocycles. The first-order valence-corrected chi connectivity index (χ1v) is 22.8. The lowest BCUT2D eigenvalue weighted by Gasteiger charge is -1.99. The van der Waals surface area contributed by atoms with E-state index in [9.17, 15) is 4.79 Å². The number of rotatable bonds is 1. The molecule has 1 aliphatic heterocycles. The summed E-state index contributed by atoms with van der Waals surface area (Å²) in [7, 11) is 3.84. The van der Waals surface area contributed by atoms with Crippen LogP contribution in [0, 0.1) is 62.3 Å². The number of carbonyl (C=O) groups excluding carboxylic acids is 1. The number of aryl methyl sites for hydroxylation is 11. The number of aromatic amines is 2. The van der Waals surface area contributed by atoms with Crippen molar-refractivity contribution in [3.63, 3.8) is 0 Å². The van der Waals surface area contributed by atoms with E-state index in [-0.39, 0.29) is 5.91 Å². The standard InChI is InChI=1S/C12H10N2OS.2C5H8N2.2C4H6N2.2C4H5NO.2C4H5NS/c1-7-6-16-12(14-7)8-2-3-10-9(4-8)5-13-11(10)15;1-5-3-6-7(2)4-5;1-5-3-4-6-7(5)2;1-4-2-5-6-3-4;1-4-2-3-5-6-4;1-4-2-5-6-3-4;1-4-2-3-5-6-4;1-4-2-5-6-3-4;1-4-2-3-5-6-4/h2-4,6H,5H2,1H3,(H,13,15);2*3-4H,1-2H3;2*2-3H,1H3,(H,5,6);4*2-3H,1H3. The number of hydrogen-bond acceptors (Lipinski definition) is 15. The van der Waals surface area contributed by atoms with Gasteiger partial charge in [-0.3, -0.25) is 24.4 Å². The van der Waals surface area contributed by atoms with E-state index in [0.717, 1.165) is 44.4 Å². The van der Waals surface area contributed by atoms with E-state index in [2.05, 4.69) is 69.0 Å². The van der Waals surface area contributed by atoms with Crippen molar-refractivity contribution in [1.82, 2.24) is 69.3 Å². The number of fused-ring (bicyclic) bond motifs is 1. The first-order valence-electron chi connectivity index (χ1n) is 20.3. The number of benzene rings is 1. The summed E-state index contributed by atoms with van der Waals surface area (Å²) in [6.07, 6.45) is 19.5. The van der Waals surface area contributed by atoms with Gasteiger partial charge >= 0.3 is 0 Å². The Morgan fingerprint density at radius 2 is 1.55 bits per heavy atom. The third-order valence-corrected chi connectivity index (χ3v) is 10.4. The molecule has 0 unspecified atom stereocenters. The Hall–Kier alpha value is -7.16. The minimum Gasteiger partial charge on any atom is -0.365 e. The first kappa shape index (κ1) is 53.2. The van der Waals surface area contributed by atoms with E-state index >= 15 is 0 Å². The van der Waals surface area contributed by atoms with E-state index in [1.807, 2.05) is 153 Å². The first-order chi connectivity index (χ1) is 31.7. The summed E-state index contributed by atoms with van der Waals surface area (Å²) < 4.78 is 20.4. The number of carbonyl (C=O) groups is 1. The molecule has 0 bridgehead atoms. The van der Waals surface area contributed by atoms with Crippen LogP contribution in [0.1, 0.15) is 65.9 Å². The fraction of sp³-hybridized carbons (Fsp3) is 0.261. The van der Waals surface area contributed by atoms with E-state index in [1.54, 1.807) is 65.5 Å². The molecular weight excluding hydrogens is 893 g/mol. The van der Waals surface area contributed by atoms with Crippen molar-refractivity contribution in [2.45, 2.75) is 68.9 Å². The average Bonchev–Trinajstić information content (AvgIpc) is 4.10. The van der Waals surface area contributed by atoms with Crippen LogP contribution in [-0.2, 0) is 20.6 Å². The lowest BCUT2D eigenvalue weighted by atomic mass is 10.1. The summed E-state index contributed by atoms with van der Waals surface area (Å²) in [5.74, 6) is 0.881. The van der Waals surface area contributed by atoms with Gasteiger partial charge in [0.2, 0.25) is 0 Å². The second kappa shape index (κ2) is 30.1. The summed E-state index contributed by atoms with van der Waals surface area (Å²) in [5, 5.41) is 35.5. The second-order valence-electron chi connectivity index (χ2n) is 14.3. The van der Waals surface area contributed by atoms with Crippen LogP contribution in [0.2, 0.25) is 0 Å². The molecule has 66 heavy (non-hydrogen) atoms. The largest absolute Gasteiger partial charge is 0.365 e. The molecule has 0 aliphatic carbocycles. The number of amides is 1. The van der Waals surface area contributed by atoms with Crippen molar-refractivity contribution in [3.8, 4) is 10.6 Å². The van der Waals surface area contributed by atoms with Crippen LogP contribution in [0.5, 0.6) is 0 Å². The quantitative estimate of drug-likeness (QED) is 0.140. The molecule has 9 aromatic heterocycles. The van der Waals surface area contributed by atoms with E-state index < -0.39 is 0 Å². The van der Waals surface area contributed by atoms with Crippen LogP contribution >= 0.6 is 34.4 Å². The van der Waals surface area contributed by atoms with E-state index in [1.165, 1.54) is 50.3 Å². The summed E-state index contributed by atoms with van der Waals surface area (Å²) in [6.45, 7) is 18.5. The zero-order valence-electron chi connectivity index (χ0n) is 39.1. The van der Waals surface area contributed by atoms with Gasteiger partial charge in [0.25, 0.3) is 5.91 Å². The van der Waals surface area contributed by atoms with Crippen molar-refractivity contribution >= 4 is 40.3 Å². The molecule has 348 valence electrons. The third kappa shape index (κ3) is 22.5. The molecule has 1 aromatic carbocycles. The van der Waals surface area contributed by atoms with Crippen LogP contribution in [0.25, 0.3) is 10.6 Å². The summed E-state index contributed by atoms with van der Waals surface area (Å²) in [5.41, 5.74) is 11.0. The molecule has 11 rings (SSSR count). The van der Waals surface area contributed by atoms with Crippen molar-refractivity contribution in [2.75, 3.05) is 0 Å². The van der Waals surface area contributed by atoms with Gasteiger partial charge in [0, 0.05) is 113 Å². The highest BCUT2D eigenvalue weighted by Crippen LogP contribution is 2.27. The molecule has 3 N–H and O–H groups in total. The number of aromatic nitrogens is 13. The smallest absolute Gasteiger partial charge is 0.251 e. The zero-order valence-corrected chi connectivity index (χ0v) is 41.6. The predicted molar refractivity (Wildman–Crippen MR) is 262 cm³/mol. The number of hydrogen-bond donors (Lipinski definition) is 3. The predicted octanol–water partition coefficient (Wildman–Crippen LogP) is 10.1. The lowest BCUT2D eigenvalue weighted by Crippen LogP contribution is -2.12. The van der Waals surface area contributed by atoms with Gasteiger partial charge in [0.15, 0.2) is 0 Å².